The second kappa shape index (κ2) is 3.81. The molecule has 0 unspecified atom stereocenters. The fourth-order valence-electron chi connectivity index (χ4n) is 0.847. The molecule has 0 amide bonds. The molecule has 66 valence electrons. The summed E-state index contributed by atoms with van der Waals surface area (Å²) in [6, 6.07) is 10.4. The van der Waals surface area contributed by atoms with Gasteiger partial charge in [0.1, 0.15) is 0 Å². The Bertz CT molecular complexity index is 254. The van der Waals surface area contributed by atoms with Gasteiger partial charge in [0.15, 0.2) is 0 Å². The van der Waals surface area contributed by atoms with E-state index in [0.29, 0.717) is 0 Å². The molecule has 1 rings (SSSR count). The van der Waals surface area contributed by atoms with E-state index in [1.165, 1.54) is 5.56 Å². The fraction of sp³-hybridized carbons (Fsp3) is 0.273. The van der Waals surface area contributed by atoms with Gasteiger partial charge in [-0.3, -0.25) is 0 Å². The maximum atomic E-state index is 2.31. The third kappa shape index (κ3) is 3.63. The van der Waals surface area contributed by atoms with Gasteiger partial charge in [-0.25, -0.2) is 10.0 Å². The first kappa shape index (κ1) is 9.40. The van der Waals surface area contributed by atoms with E-state index < -0.39 is 10.0 Å². The lowest BCUT2D eigenvalue weighted by Gasteiger charge is -2.18. The summed E-state index contributed by atoms with van der Waals surface area (Å²) >= 11 is 0. The lowest BCUT2D eigenvalue weighted by atomic mass is 10.2. The summed E-state index contributed by atoms with van der Waals surface area (Å²) in [6.45, 7) is 0. The van der Waals surface area contributed by atoms with Crippen LogP contribution in [-0.4, -0.2) is 18.8 Å². The molecule has 0 fully saturated rings. The second-order valence-corrected chi connectivity index (χ2v) is 7.78. The fourth-order valence-corrected chi connectivity index (χ4v) is 1.41. The number of benzene rings is 1. The minimum Gasteiger partial charge on any atom is -0.230 e. The molecule has 12 heavy (non-hydrogen) atoms. The Kier molecular flexibility index (Phi) is 2.99. The third-order valence-electron chi connectivity index (χ3n) is 1.47. The van der Waals surface area contributed by atoms with E-state index in [-0.39, 0.29) is 0 Å². The van der Waals surface area contributed by atoms with E-state index in [1.807, 2.05) is 6.07 Å². The zero-order chi connectivity index (χ0) is 9.03. The minimum absolute atomic E-state index is 0.503. The molecule has 0 saturated carbocycles. The van der Waals surface area contributed by atoms with Gasteiger partial charge in [-0.15, -0.1) is 0 Å². The average molecular weight is 180 g/mol. The van der Waals surface area contributed by atoms with Gasteiger partial charge in [0.2, 0.25) is 0 Å². The molecular weight excluding hydrogens is 164 g/mol. The highest BCUT2D eigenvalue weighted by molar-refractivity contribution is 8.34. The first-order valence-corrected chi connectivity index (χ1v) is 6.91. The van der Waals surface area contributed by atoms with Gasteiger partial charge in [0.25, 0.3) is 0 Å². The lowest BCUT2D eigenvalue weighted by molar-refractivity contribution is 1.66. The molecular formula is C11H16S. The van der Waals surface area contributed by atoms with Crippen molar-refractivity contribution >= 4 is 16.1 Å². The van der Waals surface area contributed by atoms with Crippen LogP contribution in [0.5, 0.6) is 0 Å². The van der Waals surface area contributed by atoms with Gasteiger partial charge >= 0.3 is 0 Å². The monoisotopic (exact) mass is 180 g/mol. The number of hydrogen-bond donors (Lipinski definition) is 0. The Hall–Kier alpha value is -0.690. The molecule has 0 N–H and O–H groups in total. The van der Waals surface area contributed by atoms with Gasteiger partial charge in [0, 0.05) is 0 Å². The SMILES string of the molecule is CS(C)(C)C=Cc1ccccc1. The molecule has 0 aliphatic rings. The van der Waals surface area contributed by atoms with Crippen molar-refractivity contribution in [2.24, 2.45) is 0 Å². The third-order valence-corrected chi connectivity index (χ3v) is 2.42. The first-order chi connectivity index (χ1) is 5.58. The van der Waals surface area contributed by atoms with Gasteiger partial charge in [-0.05, 0) is 29.7 Å². The maximum Gasteiger partial charge on any atom is -0.0252 e. The van der Waals surface area contributed by atoms with Gasteiger partial charge in [0.05, 0.1) is 0 Å². The smallest absolute Gasteiger partial charge is 0.0252 e. The first-order valence-electron chi connectivity index (χ1n) is 3.99. The molecule has 1 heteroatoms. The number of rotatable bonds is 2. The van der Waals surface area contributed by atoms with Crippen LogP contribution in [-0.2, 0) is 0 Å². The summed E-state index contributed by atoms with van der Waals surface area (Å²) in [5.41, 5.74) is 1.29. The molecule has 1 aromatic rings. The molecule has 0 aliphatic heterocycles. The highest BCUT2D eigenvalue weighted by atomic mass is 32.3. The zero-order valence-corrected chi connectivity index (χ0v) is 8.77. The normalized spacial score (nSPS) is 13.6. The summed E-state index contributed by atoms with van der Waals surface area (Å²) in [4.78, 5) is 0. The highest BCUT2D eigenvalue weighted by Crippen LogP contribution is 2.36. The summed E-state index contributed by atoms with van der Waals surface area (Å²) < 4.78 is 0. The van der Waals surface area contributed by atoms with Gasteiger partial charge in [-0.2, -0.15) is 0 Å². The van der Waals surface area contributed by atoms with Crippen LogP contribution in [0.1, 0.15) is 5.56 Å². The van der Waals surface area contributed by atoms with E-state index in [1.54, 1.807) is 0 Å². The zero-order valence-electron chi connectivity index (χ0n) is 7.95. The van der Waals surface area contributed by atoms with E-state index in [4.69, 9.17) is 0 Å². The van der Waals surface area contributed by atoms with Gasteiger partial charge in [-0.1, -0.05) is 36.4 Å². The second-order valence-electron chi connectivity index (χ2n) is 3.65. The Morgan fingerprint density at radius 2 is 1.58 bits per heavy atom. The van der Waals surface area contributed by atoms with Crippen molar-refractivity contribution in [2.75, 3.05) is 18.8 Å². The Morgan fingerprint density at radius 3 is 2.08 bits per heavy atom. The molecule has 0 heterocycles. The molecule has 0 nitrogen and oxygen atoms in total. The van der Waals surface area contributed by atoms with Crippen LogP contribution in [0.4, 0.5) is 0 Å². The van der Waals surface area contributed by atoms with Crippen molar-refractivity contribution in [3.8, 4) is 0 Å². The van der Waals surface area contributed by atoms with E-state index in [0.717, 1.165) is 0 Å². The van der Waals surface area contributed by atoms with Crippen LogP contribution in [0.2, 0.25) is 0 Å². The quantitative estimate of drug-likeness (QED) is 0.654. The maximum absolute atomic E-state index is 2.31. The van der Waals surface area contributed by atoms with Crippen LogP contribution >= 0.6 is 10.0 Å². The Labute approximate surface area is 76.6 Å². The largest absolute Gasteiger partial charge is 0.230 e. The standard InChI is InChI=1S/C11H16S/c1-12(2,3)10-9-11-7-5-4-6-8-11/h4-10H,1-3H3. The van der Waals surface area contributed by atoms with Crippen molar-refractivity contribution in [3.05, 3.63) is 41.3 Å². The average Bonchev–Trinajstić information content (AvgIpc) is 2.02. The molecule has 0 radical (unpaired) electrons. The summed E-state index contributed by atoms with van der Waals surface area (Å²) in [6.07, 6.45) is 9.06. The Morgan fingerprint density at radius 1 is 1.00 bits per heavy atom. The van der Waals surface area contributed by atoms with Gasteiger partial charge < -0.3 is 0 Å². The van der Waals surface area contributed by atoms with Crippen LogP contribution in [0.3, 0.4) is 0 Å². The van der Waals surface area contributed by atoms with Crippen LogP contribution in [0.15, 0.2) is 35.7 Å². The Balaban J connectivity index is 2.71. The van der Waals surface area contributed by atoms with E-state index in [9.17, 15) is 0 Å². The lowest BCUT2D eigenvalue weighted by Crippen LogP contribution is -1.83. The molecule has 0 atom stereocenters. The predicted octanol–water partition coefficient (Wildman–Crippen LogP) is 3.35. The van der Waals surface area contributed by atoms with Crippen molar-refractivity contribution < 1.29 is 0 Å². The molecule has 0 aromatic heterocycles. The minimum atomic E-state index is -0.503. The number of hydrogen-bond acceptors (Lipinski definition) is 0. The van der Waals surface area contributed by atoms with Crippen molar-refractivity contribution in [3.63, 3.8) is 0 Å². The van der Waals surface area contributed by atoms with Crippen LogP contribution in [0, 0.1) is 0 Å². The summed E-state index contributed by atoms with van der Waals surface area (Å²) in [5, 5.41) is 2.31. The molecule has 0 bridgehead atoms. The highest BCUT2D eigenvalue weighted by Gasteiger charge is 1.95. The molecule has 0 saturated heterocycles. The molecule has 1 aromatic carbocycles. The molecule has 0 spiro atoms. The predicted molar refractivity (Wildman–Crippen MR) is 60.8 cm³/mol. The topological polar surface area (TPSA) is 0 Å². The van der Waals surface area contributed by atoms with E-state index >= 15 is 0 Å². The van der Waals surface area contributed by atoms with Crippen LogP contribution < -0.4 is 0 Å². The molecule has 0 aliphatic carbocycles. The van der Waals surface area contributed by atoms with Crippen molar-refractivity contribution in [2.45, 2.75) is 0 Å². The van der Waals surface area contributed by atoms with Crippen LogP contribution in [0.25, 0.3) is 6.08 Å². The van der Waals surface area contributed by atoms with E-state index in [2.05, 4.69) is 54.5 Å². The summed E-state index contributed by atoms with van der Waals surface area (Å²) in [5.74, 6) is 0. The van der Waals surface area contributed by atoms with Crippen molar-refractivity contribution in [1.82, 2.24) is 0 Å². The van der Waals surface area contributed by atoms with Crippen molar-refractivity contribution in [1.29, 1.82) is 0 Å². The summed E-state index contributed by atoms with van der Waals surface area (Å²) in [7, 11) is -0.503.